The van der Waals surface area contributed by atoms with Crippen LogP contribution in [-0.4, -0.2) is 17.6 Å². The summed E-state index contributed by atoms with van der Waals surface area (Å²) in [5.41, 5.74) is 6.53. The van der Waals surface area contributed by atoms with Crippen molar-refractivity contribution in [1.29, 1.82) is 0 Å². The highest BCUT2D eigenvalue weighted by molar-refractivity contribution is 6.37. The van der Waals surface area contributed by atoms with E-state index in [1.54, 1.807) is 30.9 Å². The Labute approximate surface area is 97.5 Å². The van der Waals surface area contributed by atoms with E-state index in [0.717, 1.165) is 10.9 Å². The average Bonchev–Trinajstić information content (AvgIpc) is 2.58. The van der Waals surface area contributed by atoms with Gasteiger partial charge in [-0.1, -0.05) is 11.6 Å². The van der Waals surface area contributed by atoms with Crippen molar-refractivity contribution in [3.63, 3.8) is 0 Å². The van der Waals surface area contributed by atoms with Gasteiger partial charge in [0.1, 0.15) is 11.4 Å². The van der Waals surface area contributed by atoms with Crippen LogP contribution in [0.1, 0.15) is 10.5 Å². The lowest BCUT2D eigenvalue weighted by Crippen LogP contribution is -2.14. The van der Waals surface area contributed by atoms with Gasteiger partial charge in [0, 0.05) is 12.4 Å². The van der Waals surface area contributed by atoms with Gasteiger partial charge in [0.2, 0.25) is 0 Å². The van der Waals surface area contributed by atoms with Gasteiger partial charge in [-0.05, 0) is 18.2 Å². The molecule has 0 aliphatic rings. The van der Waals surface area contributed by atoms with E-state index < -0.39 is 5.91 Å². The molecule has 0 atom stereocenters. The molecule has 0 aliphatic heterocycles. The molecule has 2 aromatic rings. The topological polar surface area (TPSA) is 57.2 Å². The minimum Gasteiger partial charge on any atom is -0.495 e. The summed E-state index contributed by atoms with van der Waals surface area (Å²) in [4.78, 5) is 11.2. The molecular formula is C11H11ClN2O2. The molecule has 1 heterocycles. The summed E-state index contributed by atoms with van der Waals surface area (Å²) in [5, 5.41) is 1.25. The standard InChI is InChI=1S/C11H11ClN2O2/c1-14-7-3-4-9(16-2)10(12)6(7)5-8(14)11(13)15/h3-5H,1-2H3,(H2,13,15). The fourth-order valence-electron chi connectivity index (χ4n) is 1.75. The molecule has 4 nitrogen and oxygen atoms in total. The molecule has 1 amide bonds. The number of benzene rings is 1. The maximum absolute atomic E-state index is 11.2. The summed E-state index contributed by atoms with van der Waals surface area (Å²) in [6, 6.07) is 5.27. The Balaban J connectivity index is 2.81. The van der Waals surface area contributed by atoms with Crippen molar-refractivity contribution in [2.24, 2.45) is 12.8 Å². The molecule has 1 aromatic carbocycles. The first-order chi connectivity index (χ1) is 7.56. The van der Waals surface area contributed by atoms with Gasteiger partial charge < -0.3 is 15.0 Å². The lowest BCUT2D eigenvalue weighted by molar-refractivity contribution is 0.0993. The molecular weight excluding hydrogens is 228 g/mol. The first-order valence-corrected chi connectivity index (χ1v) is 5.05. The van der Waals surface area contributed by atoms with E-state index in [-0.39, 0.29) is 0 Å². The fraction of sp³-hybridized carbons (Fsp3) is 0.182. The number of ether oxygens (including phenoxy) is 1. The van der Waals surface area contributed by atoms with E-state index in [0.29, 0.717) is 16.5 Å². The number of primary amides is 1. The van der Waals surface area contributed by atoms with Crippen molar-refractivity contribution in [3.05, 3.63) is 28.9 Å². The van der Waals surface area contributed by atoms with E-state index in [2.05, 4.69) is 0 Å². The number of nitrogens with zero attached hydrogens (tertiary/aromatic N) is 1. The number of aryl methyl sites for hydroxylation is 1. The molecule has 1 aromatic heterocycles. The van der Waals surface area contributed by atoms with Crippen molar-refractivity contribution in [2.45, 2.75) is 0 Å². The van der Waals surface area contributed by atoms with Crippen LogP contribution in [0, 0.1) is 0 Å². The SMILES string of the molecule is COc1ccc2c(cc(C(N)=O)n2C)c1Cl. The van der Waals surface area contributed by atoms with Crippen molar-refractivity contribution in [2.75, 3.05) is 7.11 Å². The number of hydrogen-bond donors (Lipinski definition) is 1. The third-order valence-corrected chi connectivity index (χ3v) is 2.99. The minimum atomic E-state index is -0.478. The van der Waals surface area contributed by atoms with Gasteiger partial charge in [-0.2, -0.15) is 0 Å². The molecule has 0 unspecified atom stereocenters. The molecule has 2 N–H and O–H groups in total. The number of rotatable bonds is 2. The molecule has 5 heteroatoms. The highest BCUT2D eigenvalue weighted by atomic mass is 35.5. The zero-order chi connectivity index (χ0) is 11.9. The second-order valence-corrected chi connectivity index (χ2v) is 3.85. The highest BCUT2D eigenvalue weighted by Crippen LogP contribution is 2.33. The lowest BCUT2D eigenvalue weighted by atomic mass is 10.2. The number of fused-ring (bicyclic) bond motifs is 1. The quantitative estimate of drug-likeness (QED) is 0.869. The van der Waals surface area contributed by atoms with Crippen LogP contribution in [0.2, 0.25) is 5.02 Å². The van der Waals surface area contributed by atoms with Crippen LogP contribution in [0.4, 0.5) is 0 Å². The number of amides is 1. The largest absolute Gasteiger partial charge is 0.495 e. The number of methoxy groups -OCH3 is 1. The second kappa shape index (κ2) is 3.72. The zero-order valence-electron chi connectivity index (χ0n) is 8.95. The summed E-state index contributed by atoms with van der Waals surface area (Å²) in [6.07, 6.45) is 0. The Morgan fingerprint density at radius 2 is 2.19 bits per heavy atom. The van der Waals surface area contributed by atoms with Crippen LogP contribution in [0.3, 0.4) is 0 Å². The van der Waals surface area contributed by atoms with Gasteiger partial charge in [0.15, 0.2) is 0 Å². The van der Waals surface area contributed by atoms with Gasteiger partial charge in [-0.15, -0.1) is 0 Å². The molecule has 0 radical (unpaired) electrons. The minimum absolute atomic E-state index is 0.421. The lowest BCUT2D eigenvalue weighted by Gasteiger charge is -2.04. The van der Waals surface area contributed by atoms with E-state index in [9.17, 15) is 4.79 Å². The molecule has 2 rings (SSSR count). The molecule has 0 aliphatic carbocycles. The van der Waals surface area contributed by atoms with Crippen molar-refractivity contribution < 1.29 is 9.53 Å². The Bertz CT molecular complexity index is 575. The van der Waals surface area contributed by atoms with Gasteiger partial charge >= 0.3 is 0 Å². The van der Waals surface area contributed by atoms with Crippen LogP contribution in [0.25, 0.3) is 10.9 Å². The third-order valence-electron chi connectivity index (χ3n) is 2.60. The van der Waals surface area contributed by atoms with E-state index in [4.69, 9.17) is 22.1 Å². The predicted octanol–water partition coefficient (Wildman–Crippen LogP) is 1.94. The van der Waals surface area contributed by atoms with Gasteiger partial charge in [0.25, 0.3) is 5.91 Å². The molecule has 0 saturated heterocycles. The van der Waals surface area contributed by atoms with Crippen molar-refractivity contribution >= 4 is 28.4 Å². The number of aromatic nitrogens is 1. The Morgan fingerprint density at radius 1 is 1.50 bits per heavy atom. The molecule has 0 bridgehead atoms. The number of carbonyl (C=O) groups is 1. The van der Waals surface area contributed by atoms with Gasteiger partial charge in [0.05, 0.1) is 17.6 Å². The maximum atomic E-state index is 11.2. The molecule has 0 spiro atoms. The highest BCUT2D eigenvalue weighted by Gasteiger charge is 2.14. The van der Waals surface area contributed by atoms with Crippen molar-refractivity contribution in [1.82, 2.24) is 4.57 Å². The van der Waals surface area contributed by atoms with Crippen LogP contribution in [0.5, 0.6) is 5.75 Å². The Kier molecular flexibility index (Phi) is 2.52. The van der Waals surface area contributed by atoms with E-state index >= 15 is 0 Å². The first-order valence-electron chi connectivity index (χ1n) is 4.68. The van der Waals surface area contributed by atoms with Crippen LogP contribution in [0.15, 0.2) is 18.2 Å². The number of halogens is 1. The summed E-state index contributed by atoms with van der Waals surface area (Å²) < 4.78 is 6.82. The Morgan fingerprint density at radius 3 is 2.75 bits per heavy atom. The summed E-state index contributed by atoms with van der Waals surface area (Å²) in [5.74, 6) is 0.101. The summed E-state index contributed by atoms with van der Waals surface area (Å²) in [6.45, 7) is 0. The average molecular weight is 239 g/mol. The predicted molar refractivity (Wildman–Crippen MR) is 63.0 cm³/mol. The normalized spacial score (nSPS) is 10.7. The van der Waals surface area contributed by atoms with Gasteiger partial charge in [-0.3, -0.25) is 4.79 Å². The van der Waals surface area contributed by atoms with Crippen LogP contribution < -0.4 is 10.5 Å². The van der Waals surface area contributed by atoms with E-state index in [1.807, 2.05) is 6.07 Å². The Hall–Kier alpha value is -1.68. The molecule has 84 valence electrons. The van der Waals surface area contributed by atoms with Crippen LogP contribution in [-0.2, 0) is 7.05 Å². The fourth-order valence-corrected chi connectivity index (χ4v) is 2.04. The number of nitrogens with two attached hydrogens (primary N) is 1. The molecule has 16 heavy (non-hydrogen) atoms. The zero-order valence-corrected chi connectivity index (χ0v) is 9.71. The molecule has 0 saturated carbocycles. The second-order valence-electron chi connectivity index (χ2n) is 3.47. The van der Waals surface area contributed by atoms with Crippen LogP contribution >= 0.6 is 11.6 Å². The molecule has 0 fully saturated rings. The summed E-state index contributed by atoms with van der Waals surface area (Å²) >= 11 is 6.14. The van der Waals surface area contributed by atoms with Gasteiger partial charge in [-0.25, -0.2) is 0 Å². The van der Waals surface area contributed by atoms with Crippen molar-refractivity contribution in [3.8, 4) is 5.75 Å². The summed E-state index contributed by atoms with van der Waals surface area (Å²) in [7, 11) is 3.32. The smallest absolute Gasteiger partial charge is 0.265 e. The first kappa shape index (κ1) is 10.8. The monoisotopic (exact) mass is 238 g/mol. The maximum Gasteiger partial charge on any atom is 0.265 e. The van der Waals surface area contributed by atoms with E-state index in [1.165, 1.54) is 0 Å². The number of carbonyl (C=O) groups excluding carboxylic acids is 1. The third kappa shape index (κ3) is 1.42. The number of hydrogen-bond acceptors (Lipinski definition) is 2.